The van der Waals surface area contributed by atoms with Gasteiger partial charge in [-0.1, -0.05) is 54.6 Å². The van der Waals surface area contributed by atoms with Crippen LogP contribution in [0.5, 0.6) is 5.75 Å². The van der Waals surface area contributed by atoms with Crippen molar-refractivity contribution >= 4 is 29.0 Å². The Morgan fingerprint density at radius 3 is 2.50 bits per heavy atom. The summed E-state index contributed by atoms with van der Waals surface area (Å²) in [6.45, 7) is 1.92. The van der Waals surface area contributed by atoms with Crippen LogP contribution < -0.4 is 20.3 Å². The number of aryl methyl sites for hydroxylation is 1. The zero-order valence-corrected chi connectivity index (χ0v) is 18.1. The van der Waals surface area contributed by atoms with Crippen LogP contribution in [0.15, 0.2) is 77.8 Å². The summed E-state index contributed by atoms with van der Waals surface area (Å²) in [5, 5.41) is 5.47. The van der Waals surface area contributed by atoms with Crippen LogP contribution in [-0.4, -0.2) is 38.0 Å². The number of aliphatic imine (C=N–C) groups is 1. The molecule has 0 saturated heterocycles. The number of anilines is 2. The number of urea groups is 1. The molecule has 0 spiro atoms. The van der Waals surface area contributed by atoms with Crippen molar-refractivity contribution < 1.29 is 14.3 Å². The van der Waals surface area contributed by atoms with Gasteiger partial charge in [-0.25, -0.2) is 9.79 Å². The Hall–Kier alpha value is -4.13. The van der Waals surface area contributed by atoms with Gasteiger partial charge in [0.05, 0.1) is 24.2 Å². The van der Waals surface area contributed by atoms with Crippen LogP contribution in [0.25, 0.3) is 0 Å². The first kappa shape index (κ1) is 21.1. The summed E-state index contributed by atoms with van der Waals surface area (Å²) in [4.78, 5) is 32.2. The van der Waals surface area contributed by atoms with E-state index in [0.29, 0.717) is 17.1 Å². The van der Waals surface area contributed by atoms with Crippen molar-refractivity contribution in [1.82, 2.24) is 5.32 Å². The number of ether oxygens (including phenoxy) is 1. The van der Waals surface area contributed by atoms with Crippen LogP contribution in [0.2, 0.25) is 0 Å². The van der Waals surface area contributed by atoms with Gasteiger partial charge < -0.3 is 20.3 Å². The summed E-state index contributed by atoms with van der Waals surface area (Å²) in [6, 6.07) is 22.1. The van der Waals surface area contributed by atoms with Gasteiger partial charge in [0.25, 0.3) is 5.91 Å². The second-order valence-corrected chi connectivity index (χ2v) is 7.46. The highest BCUT2D eigenvalue weighted by atomic mass is 16.5. The maximum absolute atomic E-state index is 13.2. The smallest absolute Gasteiger partial charge is 0.321 e. The largest absolute Gasteiger partial charge is 0.495 e. The van der Waals surface area contributed by atoms with Crippen molar-refractivity contribution in [1.29, 1.82) is 0 Å². The summed E-state index contributed by atoms with van der Waals surface area (Å²) < 4.78 is 5.32. The number of benzodiazepines with no additional fused rings is 1. The maximum atomic E-state index is 13.2. The predicted molar refractivity (Wildman–Crippen MR) is 126 cm³/mol. The van der Waals surface area contributed by atoms with Crippen LogP contribution >= 0.6 is 0 Å². The Morgan fingerprint density at radius 1 is 1.03 bits per heavy atom. The molecule has 0 radical (unpaired) electrons. The molecule has 0 aliphatic carbocycles. The van der Waals surface area contributed by atoms with E-state index in [4.69, 9.17) is 4.74 Å². The van der Waals surface area contributed by atoms with E-state index in [1.807, 2.05) is 67.6 Å². The lowest BCUT2D eigenvalue weighted by molar-refractivity contribution is -0.119. The monoisotopic (exact) mass is 428 g/mol. The molecule has 1 atom stereocenters. The minimum absolute atomic E-state index is 0.338. The normalized spacial score (nSPS) is 15.3. The average Bonchev–Trinajstić information content (AvgIpc) is 2.90. The molecule has 0 unspecified atom stereocenters. The third-order valence-corrected chi connectivity index (χ3v) is 5.26. The standard InChI is InChI=1S/C25H24N4O3/c1-16-13-14-21(32-3)19(15-16)26-25(31)28-23-24(30)29(2)20-12-8-7-11-18(20)22(27-23)17-9-5-4-6-10-17/h4-15,23H,1-3H3,(H2,26,28,31)/t23-/m0/s1. The third kappa shape index (κ3) is 4.18. The van der Waals surface area contributed by atoms with Gasteiger partial charge in [-0.2, -0.15) is 0 Å². The predicted octanol–water partition coefficient (Wildman–Crippen LogP) is 3.97. The Kier molecular flexibility index (Phi) is 5.89. The molecule has 1 aliphatic heterocycles. The van der Waals surface area contributed by atoms with Crippen LogP contribution in [0.4, 0.5) is 16.2 Å². The van der Waals surface area contributed by atoms with Gasteiger partial charge in [-0.15, -0.1) is 0 Å². The van der Waals surface area contributed by atoms with Crippen LogP contribution in [-0.2, 0) is 4.79 Å². The van der Waals surface area contributed by atoms with Gasteiger partial charge in [0.15, 0.2) is 0 Å². The zero-order chi connectivity index (χ0) is 22.7. The fourth-order valence-electron chi connectivity index (χ4n) is 3.64. The second kappa shape index (κ2) is 8.93. The highest BCUT2D eigenvalue weighted by Crippen LogP contribution is 2.28. The summed E-state index contributed by atoms with van der Waals surface area (Å²) in [6.07, 6.45) is -1.10. The number of hydrogen-bond donors (Lipinski definition) is 2. The fraction of sp³-hybridized carbons (Fsp3) is 0.160. The molecule has 1 aliphatic rings. The second-order valence-electron chi connectivity index (χ2n) is 7.46. The molecule has 3 aromatic carbocycles. The molecule has 0 saturated carbocycles. The van der Waals surface area contributed by atoms with Gasteiger partial charge in [0.1, 0.15) is 5.75 Å². The van der Waals surface area contributed by atoms with Gasteiger partial charge in [-0.05, 0) is 30.7 Å². The molecule has 0 fully saturated rings. The summed E-state index contributed by atoms with van der Waals surface area (Å²) >= 11 is 0. The molecule has 4 rings (SSSR count). The number of carbonyl (C=O) groups excluding carboxylic acids is 2. The van der Waals surface area contributed by atoms with Gasteiger partial charge in [0.2, 0.25) is 6.17 Å². The van der Waals surface area contributed by atoms with Crippen molar-refractivity contribution in [3.8, 4) is 5.75 Å². The number of carbonyl (C=O) groups is 2. The fourth-order valence-corrected chi connectivity index (χ4v) is 3.64. The lowest BCUT2D eigenvalue weighted by Crippen LogP contribution is -2.47. The molecule has 2 N–H and O–H groups in total. The summed E-state index contributed by atoms with van der Waals surface area (Å²) in [7, 11) is 3.21. The molecule has 3 aromatic rings. The van der Waals surface area contributed by atoms with Crippen LogP contribution in [0.1, 0.15) is 16.7 Å². The van der Waals surface area contributed by atoms with Gasteiger partial charge >= 0.3 is 6.03 Å². The van der Waals surface area contributed by atoms with Crippen LogP contribution in [0.3, 0.4) is 0 Å². The first-order valence-corrected chi connectivity index (χ1v) is 10.2. The molecule has 162 valence electrons. The molecule has 3 amide bonds. The minimum Gasteiger partial charge on any atom is -0.495 e. The number of rotatable bonds is 4. The van der Waals surface area contributed by atoms with Gasteiger partial charge in [-0.3, -0.25) is 4.79 Å². The lowest BCUT2D eigenvalue weighted by Gasteiger charge is -2.21. The number of nitrogens with one attached hydrogen (secondary N) is 2. The zero-order valence-electron chi connectivity index (χ0n) is 18.1. The number of hydrogen-bond acceptors (Lipinski definition) is 4. The number of fused-ring (bicyclic) bond motifs is 1. The Morgan fingerprint density at radius 2 is 1.75 bits per heavy atom. The maximum Gasteiger partial charge on any atom is 0.321 e. The van der Waals surface area contributed by atoms with Gasteiger partial charge in [0, 0.05) is 18.2 Å². The van der Waals surface area contributed by atoms with E-state index in [1.165, 1.54) is 12.0 Å². The highest BCUT2D eigenvalue weighted by molar-refractivity contribution is 6.20. The van der Waals surface area contributed by atoms with E-state index in [1.54, 1.807) is 19.2 Å². The number of methoxy groups -OCH3 is 1. The van der Waals surface area contributed by atoms with E-state index < -0.39 is 12.2 Å². The van der Waals surface area contributed by atoms with Crippen molar-refractivity contribution in [3.63, 3.8) is 0 Å². The van der Waals surface area contributed by atoms with E-state index in [2.05, 4.69) is 15.6 Å². The SMILES string of the molecule is COc1ccc(C)cc1NC(=O)N[C@@H]1N=C(c2ccccc2)c2ccccc2N(C)C1=O. The highest BCUT2D eigenvalue weighted by Gasteiger charge is 2.31. The third-order valence-electron chi connectivity index (χ3n) is 5.26. The molecule has 7 heteroatoms. The first-order valence-electron chi connectivity index (χ1n) is 10.2. The molecular weight excluding hydrogens is 404 g/mol. The molecule has 1 heterocycles. The molecular formula is C25H24N4O3. The van der Waals surface area contributed by atoms with E-state index in [-0.39, 0.29) is 5.91 Å². The number of benzene rings is 3. The average molecular weight is 428 g/mol. The number of nitrogens with zero attached hydrogens (tertiary/aromatic N) is 2. The molecule has 7 nitrogen and oxygen atoms in total. The molecule has 0 aromatic heterocycles. The van der Waals surface area contributed by atoms with Crippen molar-refractivity contribution in [3.05, 3.63) is 89.5 Å². The van der Waals surface area contributed by atoms with E-state index in [0.717, 1.165) is 22.4 Å². The topological polar surface area (TPSA) is 83.0 Å². The molecule has 0 bridgehead atoms. The minimum atomic E-state index is -1.10. The lowest BCUT2D eigenvalue weighted by atomic mass is 10.0. The van der Waals surface area contributed by atoms with Crippen LogP contribution in [0, 0.1) is 6.92 Å². The Balaban J connectivity index is 1.68. The van der Waals surface area contributed by atoms with E-state index in [9.17, 15) is 9.59 Å². The Bertz CT molecular complexity index is 1190. The van der Waals surface area contributed by atoms with Crippen molar-refractivity contribution in [2.24, 2.45) is 4.99 Å². The van der Waals surface area contributed by atoms with Crippen molar-refractivity contribution in [2.75, 3.05) is 24.4 Å². The van der Waals surface area contributed by atoms with Crippen molar-refractivity contribution in [2.45, 2.75) is 13.1 Å². The summed E-state index contributed by atoms with van der Waals surface area (Å²) in [5.41, 5.74) is 4.51. The quantitative estimate of drug-likeness (QED) is 0.660. The number of amides is 3. The first-order chi connectivity index (χ1) is 15.5. The summed E-state index contributed by atoms with van der Waals surface area (Å²) in [5.74, 6) is 0.186. The Labute approximate surface area is 186 Å². The molecule has 32 heavy (non-hydrogen) atoms. The number of para-hydroxylation sites is 1. The number of likely N-dealkylation sites (N-methyl/N-ethyl adjacent to an activating group) is 1. The van der Waals surface area contributed by atoms with E-state index >= 15 is 0 Å².